The van der Waals surface area contributed by atoms with Crippen LogP contribution in [0.4, 0.5) is 4.79 Å². The summed E-state index contributed by atoms with van der Waals surface area (Å²) in [6, 6.07) is 5.48. The highest BCUT2D eigenvalue weighted by Gasteiger charge is 2.20. The summed E-state index contributed by atoms with van der Waals surface area (Å²) in [7, 11) is -3.87. The number of sulfonamides is 1. The molecule has 0 saturated carbocycles. The highest BCUT2D eigenvalue weighted by atomic mass is 32.2. The maximum Gasteiger partial charge on any atom is 0.328 e. The lowest BCUT2D eigenvalue weighted by atomic mass is 9.89. The van der Waals surface area contributed by atoms with Crippen molar-refractivity contribution in [3.63, 3.8) is 0 Å². The van der Waals surface area contributed by atoms with E-state index in [0.717, 1.165) is 5.56 Å². The van der Waals surface area contributed by atoms with Crippen molar-refractivity contribution >= 4 is 16.1 Å². The molecule has 0 fully saturated rings. The number of rotatable bonds is 6. The number of urea groups is 1. The lowest BCUT2D eigenvalue weighted by molar-refractivity contribution is 0.239. The topological polar surface area (TPSA) is 75.3 Å². The second-order valence-electron chi connectivity index (χ2n) is 5.71. The van der Waals surface area contributed by atoms with E-state index in [2.05, 4.69) is 5.32 Å². The quantitative estimate of drug-likeness (QED) is 0.793. The molecule has 0 saturated heterocycles. The molecule has 0 spiro atoms. The maximum absolute atomic E-state index is 12.0. The van der Waals surface area contributed by atoms with Gasteiger partial charge in [-0.3, -0.25) is 0 Å². The Balaban J connectivity index is 2.62. The molecule has 0 bridgehead atoms. The highest BCUT2D eigenvalue weighted by Crippen LogP contribution is 2.18. The zero-order valence-electron chi connectivity index (χ0n) is 13.5. The van der Waals surface area contributed by atoms with Crippen LogP contribution in [0.3, 0.4) is 0 Å². The van der Waals surface area contributed by atoms with Gasteiger partial charge in [-0.25, -0.2) is 17.9 Å². The Morgan fingerprint density at radius 3 is 2.57 bits per heavy atom. The summed E-state index contributed by atoms with van der Waals surface area (Å²) in [5.41, 5.74) is 0.676. The Morgan fingerprint density at radius 1 is 1.38 bits per heavy atom. The molecule has 2 N–H and O–H groups in total. The number of allylic oxidation sites excluding steroid dienone is 1. The molecule has 0 radical (unpaired) electrons. The molecule has 2 amide bonds. The Morgan fingerprint density at radius 2 is 2.00 bits per heavy atom. The van der Waals surface area contributed by atoms with Crippen LogP contribution in [0.15, 0.2) is 41.8 Å². The van der Waals surface area contributed by atoms with Crippen molar-refractivity contribution in [3.8, 4) is 0 Å². The Kier molecular flexibility index (Phi) is 5.01. The van der Waals surface area contributed by atoms with Crippen molar-refractivity contribution in [2.45, 2.75) is 32.1 Å². The molecule has 1 aromatic rings. The standard InChI is InChI=1S/C15H22N2O3S/c1-5-10-15(3,4)11-16-14(18)17-21(19,20)13-8-6-12(2)7-9-13/h5-9H,1,10-11H2,2-4H3,(H2,16,17,18)/i1D. The number of carbonyl (C=O) groups excluding carboxylic acids is 1. The van der Waals surface area contributed by atoms with E-state index in [1.54, 1.807) is 18.2 Å². The van der Waals surface area contributed by atoms with Crippen molar-refractivity contribution in [1.82, 2.24) is 10.0 Å². The van der Waals surface area contributed by atoms with Crippen molar-refractivity contribution in [3.05, 3.63) is 42.5 Å². The maximum atomic E-state index is 12.0. The Bertz CT molecular complexity index is 637. The number of carbonyl (C=O) groups is 1. The minimum absolute atomic E-state index is 0.0460. The molecule has 0 aliphatic carbocycles. The highest BCUT2D eigenvalue weighted by molar-refractivity contribution is 7.90. The number of hydrogen-bond acceptors (Lipinski definition) is 3. The largest absolute Gasteiger partial charge is 0.337 e. The van der Waals surface area contributed by atoms with E-state index in [0.29, 0.717) is 13.0 Å². The van der Waals surface area contributed by atoms with Crippen molar-refractivity contribution < 1.29 is 14.6 Å². The van der Waals surface area contributed by atoms with E-state index in [-0.39, 0.29) is 10.3 Å². The third-order valence-corrected chi connectivity index (χ3v) is 4.30. The van der Waals surface area contributed by atoms with Crippen LogP contribution < -0.4 is 10.0 Å². The van der Waals surface area contributed by atoms with Gasteiger partial charge in [0.2, 0.25) is 0 Å². The van der Waals surface area contributed by atoms with Gasteiger partial charge in [-0.15, -0.1) is 6.55 Å². The first-order valence-electron chi connectivity index (χ1n) is 7.15. The van der Waals surface area contributed by atoms with Crippen LogP contribution in [-0.2, 0) is 10.0 Å². The molecular weight excluding hydrogens is 288 g/mol. The summed E-state index contributed by atoms with van der Waals surface area (Å²) < 4.78 is 33.0. The van der Waals surface area contributed by atoms with Gasteiger partial charge in [0.05, 0.1) is 6.27 Å². The fourth-order valence-electron chi connectivity index (χ4n) is 1.65. The number of benzene rings is 1. The average molecular weight is 311 g/mol. The Hall–Kier alpha value is -1.82. The summed E-state index contributed by atoms with van der Waals surface area (Å²) in [4.78, 5) is 11.8. The van der Waals surface area contributed by atoms with Gasteiger partial charge in [0.15, 0.2) is 0 Å². The number of hydrogen-bond donors (Lipinski definition) is 2. The number of nitrogens with one attached hydrogen (secondary N) is 2. The minimum Gasteiger partial charge on any atom is -0.337 e. The molecule has 0 aliphatic rings. The third-order valence-electron chi connectivity index (χ3n) is 2.96. The van der Waals surface area contributed by atoms with Crippen molar-refractivity contribution in [1.29, 1.82) is 0 Å². The third kappa shape index (κ3) is 5.59. The first-order chi connectivity index (χ1) is 10.2. The van der Waals surface area contributed by atoms with E-state index in [1.807, 2.05) is 25.5 Å². The molecule has 1 aromatic carbocycles. The summed E-state index contributed by atoms with van der Waals surface area (Å²) in [5.74, 6) is 0. The monoisotopic (exact) mass is 311 g/mol. The SMILES string of the molecule is [2H]C=CCC(C)(C)CNC(=O)NS(=O)(=O)c1ccc(C)cc1. The van der Waals surface area contributed by atoms with Gasteiger partial charge >= 0.3 is 6.03 Å². The van der Waals surface area contributed by atoms with Crippen LogP contribution in [0.2, 0.25) is 0 Å². The van der Waals surface area contributed by atoms with Gasteiger partial charge in [0, 0.05) is 6.54 Å². The first kappa shape index (κ1) is 15.6. The van der Waals surface area contributed by atoms with Crippen LogP contribution in [0.5, 0.6) is 0 Å². The zero-order valence-corrected chi connectivity index (χ0v) is 13.3. The summed E-state index contributed by atoms with van der Waals surface area (Å²) in [6.45, 7) is 7.18. The second-order valence-corrected chi connectivity index (χ2v) is 7.39. The van der Waals surface area contributed by atoms with Gasteiger partial charge in [0.1, 0.15) is 0 Å². The summed E-state index contributed by atoms with van der Waals surface area (Å²) >= 11 is 0. The van der Waals surface area contributed by atoms with Gasteiger partial charge in [-0.1, -0.05) is 37.6 Å². The van der Waals surface area contributed by atoms with Crippen LogP contribution >= 0.6 is 0 Å². The van der Waals surface area contributed by atoms with Gasteiger partial charge in [-0.2, -0.15) is 0 Å². The molecule has 6 heteroatoms. The molecule has 0 heterocycles. The van der Waals surface area contributed by atoms with E-state index >= 15 is 0 Å². The van der Waals surface area contributed by atoms with E-state index < -0.39 is 16.1 Å². The molecule has 5 nitrogen and oxygen atoms in total. The normalized spacial score (nSPS) is 13.0. The van der Waals surface area contributed by atoms with Gasteiger partial charge < -0.3 is 5.32 Å². The molecule has 0 aromatic heterocycles. The molecule has 0 atom stereocenters. The fourth-order valence-corrected chi connectivity index (χ4v) is 2.57. The first-order valence-corrected chi connectivity index (χ1v) is 8.05. The summed E-state index contributed by atoms with van der Waals surface area (Å²) in [5, 5.41) is 2.54. The molecule has 0 aliphatic heterocycles. The molecule has 116 valence electrons. The van der Waals surface area contributed by atoms with Gasteiger partial charge in [-0.05, 0) is 30.9 Å². The van der Waals surface area contributed by atoms with Crippen molar-refractivity contribution in [2.24, 2.45) is 5.41 Å². The lowest BCUT2D eigenvalue weighted by Gasteiger charge is -2.23. The minimum atomic E-state index is -3.87. The predicted molar refractivity (Wildman–Crippen MR) is 83.5 cm³/mol. The van der Waals surface area contributed by atoms with Crippen LogP contribution in [0.1, 0.15) is 27.2 Å². The van der Waals surface area contributed by atoms with Crippen LogP contribution in [-0.4, -0.2) is 21.0 Å². The van der Waals surface area contributed by atoms with Gasteiger partial charge in [0.25, 0.3) is 10.0 Å². The average Bonchev–Trinajstić information content (AvgIpc) is 2.43. The predicted octanol–water partition coefficient (Wildman–Crippen LogP) is 2.59. The molecular formula is C15H22N2O3S. The molecule has 1 rings (SSSR count). The molecule has 0 unspecified atom stereocenters. The second kappa shape index (κ2) is 6.76. The number of amides is 2. The summed E-state index contributed by atoms with van der Waals surface area (Å²) in [6.07, 6.45) is 2.30. The molecule has 21 heavy (non-hydrogen) atoms. The Labute approximate surface area is 127 Å². The van der Waals surface area contributed by atoms with Crippen LogP contribution in [0.25, 0.3) is 0 Å². The van der Waals surface area contributed by atoms with E-state index in [9.17, 15) is 13.2 Å². The fraction of sp³-hybridized carbons (Fsp3) is 0.400. The lowest BCUT2D eigenvalue weighted by Crippen LogP contribution is -2.43. The van der Waals surface area contributed by atoms with Crippen LogP contribution in [0, 0.1) is 12.3 Å². The zero-order chi connectivity index (χ0) is 16.8. The van der Waals surface area contributed by atoms with E-state index in [1.165, 1.54) is 18.7 Å². The van der Waals surface area contributed by atoms with E-state index in [4.69, 9.17) is 1.37 Å². The smallest absolute Gasteiger partial charge is 0.328 e. The van der Waals surface area contributed by atoms with Crippen molar-refractivity contribution in [2.75, 3.05) is 6.54 Å². The number of aryl methyl sites for hydroxylation is 1.